The Labute approximate surface area is 175 Å². The van der Waals surface area contributed by atoms with Crippen LogP contribution < -0.4 is 9.47 Å². The minimum Gasteiger partial charge on any atom is -0.493 e. The molecule has 29 heavy (non-hydrogen) atoms. The first-order valence-corrected chi connectivity index (χ1v) is 11.1. The molecule has 1 aliphatic rings. The Bertz CT molecular complexity index is 860. The molecule has 1 saturated heterocycles. The van der Waals surface area contributed by atoms with E-state index in [0.717, 1.165) is 65.9 Å². The Hall–Kier alpha value is -2.44. The van der Waals surface area contributed by atoms with Crippen molar-refractivity contribution in [2.45, 2.75) is 31.3 Å². The van der Waals surface area contributed by atoms with Gasteiger partial charge in [-0.05, 0) is 49.2 Å². The smallest absolute Gasteiger partial charge is 0.199 e. The number of benzene rings is 2. The van der Waals surface area contributed by atoms with Crippen molar-refractivity contribution in [2.24, 2.45) is 0 Å². The molecular formula is C23H25NO4S. The van der Waals surface area contributed by atoms with Gasteiger partial charge < -0.3 is 18.7 Å². The fourth-order valence-electron chi connectivity index (χ4n) is 3.09. The van der Waals surface area contributed by atoms with E-state index in [1.54, 1.807) is 11.8 Å². The standard InChI is InChI=1S/C23H25NO4S/c1-2-6-19(7-3-1)25-14-15-29-17-21-16-22(24-28-21)18-9-11-20(12-10-18)27-23-8-4-5-13-26-23/h1-3,6-7,9-12,16,23H,4-5,8,13-15,17H2. The third-order valence-electron chi connectivity index (χ3n) is 4.60. The predicted octanol–water partition coefficient (Wildman–Crippen LogP) is 5.56. The van der Waals surface area contributed by atoms with Crippen molar-refractivity contribution in [3.8, 4) is 22.8 Å². The average Bonchev–Trinajstić information content (AvgIpc) is 3.24. The Balaban J connectivity index is 1.22. The summed E-state index contributed by atoms with van der Waals surface area (Å²) in [5, 5.41) is 4.19. The lowest BCUT2D eigenvalue weighted by molar-refractivity contribution is -0.105. The van der Waals surface area contributed by atoms with Gasteiger partial charge in [-0.2, -0.15) is 11.8 Å². The van der Waals surface area contributed by atoms with Crippen molar-refractivity contribution in [1.29, 1.82) is 0 Å². The molecule has 1 unspecified atom stereocenters. The van der Waals surface area contributed by atoms with Crippen LogP contribution in [0.5, 0.6) is 11.5 Å². The second-order valence-electron chi connectivity index (χ2n) is 6.83. The number of ether oxygens (including phenoxy) is 3. The Morgan fingerprint density at radius 1 is 1.00 bits per heavy atom. The SMILES string of the molecule is c1ccc(OCCSCc2cc(-c3ccc(OC4CCCCO4)cc3)no2)cc1. The van der Waals surface area contributed by atoms with Gasteiger partial charge >= 0.3 is 0 Å². The Morgan fingerprint density at radius 3 is 2.66 bits per heavy atom. The summed E-state index contributed by atoms with van der Waals surface area (Å²) in [6.45, 7) is 1.45. The Morgan fingerprint density at radius 2 is 1.86 bits per heavy atom. The van der Waals surface area contributed by atoms with Gasteiger partial charge in [-0.3, -0.25) is 0 Å². The van der Waals surface area contributed by atoms with Gasteiger partial charge in [0.2, 0.25) is 0 Å². The first-order valence-electron chi connectivity index (χ1n) is 9.97. The van der Waals surface area contributed by atoms with Crippen molar-refractivity contribution < 1.29 is 18.7 Å². The van der Waals surface area contributed by atoms with E-state index in [4.69, 9.17) is 18.7 Å². The third kappa shape index (κ3) is 6.02. The van der Waals surface area contributed by atoms with Crippen molar-refractivity contribution in [2.75, 3.05) is 19.0 Å². The number of hydrogen-bond acceptors (Lipinski definition) is 6. The summed E-state index contributed by atoms with van der Waals surface area (Å²) in [6.07, 6.45) is 3.09. The number of nitrogens with zero attached hydrogens (tertiary/aromatic N) is 1. The van der Waals surface area contributed by atoms with Gasteiger partial charge in [-0.15, -0.1) is 0 Å². The first kappa shape index (κ1) is 19.9. The van der Waals surface area contributed by atoms with Crippen LogP contribution in [0.2, 0.25) is 0 Å². The van der Waals surface area contributed by atoms with E-state index >= 15 is 0 Å². The lowest BCUT2D eigenvalue weighted by atomic mass is 10.1. The van der Waals surface area contributed by atoms with E-state index in [0.29, 0.717) is 6.61 Å². The van der Waals surface area contributed by atoms with Crippen LogP contribution in [0.4, 0.5) is 0 Å². The molecule has 3 aromatic rings. The second kappa shape index (κ2) is 10.4. The molecule has 4 rings (SSSR count). The van der Waals surface area contributed by atoms with Crippen LogP contribution >= 0.6 is 11.8 Å². The predicted molar refractivity (Wildman–Crippen MR) is 114 cm³/mol. The van der Waals surface area contributed by atoms with E-state index in [9.17, 15) is 0 Å². The van der Waals surface area contributed by atoms with Gasteiger partial charge in [0, 0.05) is 23.8 Å². The Kier molecular flexibility index (Phi) is 7.10. The van der Waals surface area contributed by atoms with Crippen LogP contribution in [0, 0.1) is 0 Å². The quantitative estimate of drug-likeness (QED) is 0.430. The average molecular weight is 412 g/mol. The molecule has 0 spiro atoms. The van der Waals surface area contributed by atoms with Crippen LogP contribution in [0.25, 0.3) is 11.3 Å². The van der Waals surface area contributed by atoms with E-state index < -0.39 is 0 Å². The molecule has 1 aromatic heterocycles. The van der Waals surface area contributed by atoms with E-state index in [-0.39, 0.29) is 6.29 Å². The molecule has 0 saturated carbocycles. The van der Waals surface area contributed by atoms with Crippen LogP contribution in [0.15, 0.2) is 65.2 Å². The topological polar surface area (TPSA) is 53.7 Å². The number of para-hydroxylation sites is 1. The van der Waals surface area contributed by atoms with Crippen LogP contribution in [-0.2, 0) is 10.5 Å². The zero-order chi connectivity index (χ0) is 19.7. The van der Waals surface area contributed by atoms with Crippen LogP contribution in [0.3, 0.4) is 0 Å². The highest BCUT2D eigenvalue weighted by Crippen LogP contribution is 2.25. The van der Waals surface area contributed by atoms with E-state index in [2.05, 4.69) is 5.16 Å². The van der Waals surface area contributed by atoms with Gasteiger partial charge in [0.05, 0.1) is 19.0 Å². The molecule has 1 fully saturated rings. The minimum atomic E-state index is -0.129. The highest BCUT2D eigenvalue weighted by molar-refractivity contribution is 7.98. The number of aromatic nitrogens is 1. The summed E-state index contributed by atoms with van der Waals surface area (Å²) < 4.78 is 22.7. The lowest BCUT2D eigenvalue weighted by Crippen LogP contribution is -2.24. The molecule has 0 N–H and O–H groups in total. The molecule has 2 aromatic carbocycles. The maximum Gasteiger partial charge on any atom is 0.199 e. The molecule has 1 aliphatic heterocycles. The van der Waals surface area contributed by atoms with Gasteiger partial charge in [-0.25, -0.2) is 0 Å². The fraction of sp³-hybridized carbons (Fsp3) is 0.348. The molecule has 0 radical (unpaired) electrons. The molecule has 6 heteroatoms. The van der Waals surface area contributed by atoms with Crippen molar-refractivity contribution in [3.63, 3.8) is 0 Å². The zero-order valence-electron chi connectivity index (χ0n) is 16.3. The molecular weight excluding hydrogens is 386 g/mol. The molecule has 0 aliphatic carbocycles. The molecule has 1 atom stereocenters. The number of hydrogen-bond donors (Lipinski definition) is 0. The molecule has 152 valence electrons. The zero-order valence-corrected chi connectivity index (χ0v) is 17.1. The lowest BCUT2D eigenvalue weighted by Gasteiger charge is -2.23. The summed E-state index contributed by atoms with van der Waals surface area (Å²) >= 11 is 1.76. The van der Waals surface area contributed by atoms with Gasteiger partial charge in [-0.1, -0.05) is 23.4 Å². The highest BCUT2D eigenvalue weighted by Gasteiger charge is 2.15. The molecule has 2 heterocycles. The van der Waals surface area contributed by atoms with E-state index in [1.807, 2.05) is 60.7 Å². The minimum absolute atomic E-state index is 0.129. The number of rotatable bonds is 9. The van der Waals surface area contributed by atoms with Crippen molar-refractivity contribution >= 4 is 11.8 Å². The maximum absolute atomic E-state index is 5.88. The number of thioether (sulfide) groups is 1. The van der Waals surface area contributed by atoms with Gasteiger partial charge in [0.1, 0.15) is 23.0 Å². The summed E-state index contributed by atoms with van der Waals surface area (Å²) in [7, 11) is 0. The van der Waals surface area contributed by atoms with Crippen LogP contribution in [0.1, 0.15) is 25.0 Å². The summed E-state index contributed by atoms with van der Waals surface area (Å²) in [5.41, 5.74) is 1.84. The second-order valence-corrected chi connectivity index (χ2v) is 7.94. The normalized spacial score (nSPS) is 16.5. The molecule has 0 amide bonds. The highest BCUT2D eigenvalue weighted by atomic mass is 32.2. The van der Waals surface area contributed by atoms with Crippen molar-refractivity contribution in [3.05, 3.63) is 66.4 Å². The summed E-state index contributed by atoms with van der Waals surface area (Å²) in [6, 6.07) is 19.8. The van der Waals surface area contributed by atoms with Crippen LogP contribution in [-0.4, -0.2) is 30.4 Å². The maximum atomic E-state index is 5.88. The summed E-state index contributed by atoms with van der Waals surface area (Å²) in [4.78, 5) is 0. The van der Waals surface area contributed by atoms with Crippen molar-refractivity contribution in [1.82, 2.24) is 5.16 Å². The van der Waals surface area contributed by atoms with Gasteiger partial charge in [0.25, 0.3) is 0 Å². The molecule has 5 nitrogen and oxygen atoms in total. The fourth-order valence-corrected chi connectivity index (χ4v) is 3.77. The first-order chi connectivity index (χ1) is 14.4. The van der Waals surface area contributed by atoms with Gasteiger partial charge in [0.15, 0.2) is 6.29 Å². The summed E-state index contributed by atoms with van der Waals surface area (Å²) in [5.74, 6) is 4.24. The largest absolute Gasteiger partial charge is 0.493 e. The molecule has 0 bridgehead atoms. The third-order valence-corrected chi connectivity index (χ3v) is 5.54. The monoisotopic (exact) mass is 411 g/mol. The van der Waals surface area contributed by atoms with E-state index in [1.165, 1.54) is 0 Å².